The Bertz CT molecular complexity index is 1110. The Balaban J connectivity index is 1.64. The fourth-order valence-corrected chi connectivity index (χ4v) is 5.90. The summed E-state index contributed by atoms with van der Waals surface area (Å²) in [5.41, 5.74) is 0.478. The van der Waals surface area contributed by atoms with Crippen molar-refractivity contribution in [2.75, 3.05) is 21.0 Å². The fourth-order valence-electron chi connectivity index (χ4n) is 5.90. The van der Waals surface area contributed by atoms with Gasteiger partial charge in [-0.15, -0.1) is 0 Å². The smallest absolute Gasteiger partial charge is 0.339 e. The molecule has 1 aromatic carbocycles. The SMILES string of the molecule is C=C1C[C@](OC)([C@H](OC(=O)c2ccccc2)C(=O)N[C@H]2OCO[C@H]3[C@@H]2O[C@H](CC=O)C(C)(C)[C@@H]3OC)O[C@H](C)[C@@H]1C. The van der Waals surface area contributed by atoms with E-state index < -0.39 is 59.8 Å². The number of carbonyl (C=O) groups excluding carboxylic acids is 3. The van der Waals surface area contributed by atoms with Gasteiger partial charge >= 0.3 is 5.97 Å². The summed E-state index contributed by atoms with van der Waals surface area (Å²) in [5, 5.41) is 2.83. The van der Waals surface area contributed by atoms with Crippen molar-refractivity contribution in [3.05, 3.63) is 48.0 Å². The van der Waals surface area contributed by atoms with E-state index in [2.05, 4.69) is 11.9 Å². The average molecular weight is 576 g/mol. The van der Waals surface area contributed by atoms with Crippen molar-refractivity contribution >= 4 is 18.2 Å². The molecular formula is C30H41NO10. The van der Waals surface area contributed by atoms with Crippen LogP contribution in [0.1, 0.15) is 50.9 Å². The molecule has 41 heavy (non-hydrogen) atoms. The maximum atomic E-state index is 14.1. The van der Waals surface area contributed by atoms with E-state index in [1.165, 1.54) is 7.11 Å². The highest BCUT2D eigenvalue weighted by Gasteiger charge is 2.57. The van der Waals surface area contributed by atoms with Gasteiger partial charge in [-0.1, -0.05) is 51.1 Å². The number of carbonyl (C=O) groups is 3. The fraction of sp³-hybridized carbons (Fsp3) is 0.633. The van der Waals surface area contributed by atoms with Crippen LogP contribution in [0.4, 0.5) is 0 Å². The van der Waals surface area contributed by atoms with Gasteiger partial charge in [0.1, 0.15) is 25.3 Å². The lowest BCUT2D eigenvalue weighted by atomic mass is 9.73. The number of benzene rings is 1. The first kappa shape index (κ1) is 31.3. The molecule has 0 radical (unpaired) electrons. The van der Waals surface area contributed by atoms with Gasteiger partial charge in [-0.25, -0.2) is 4.79 Å². The molecule has 1 aromatic rings. The lowest BCUT2D eigenvalue weighted by Crippen LogP contribution is -2.69. The second-order valence-electron chi connectivity index (χ2n) is 11.4. The van der Waals surface area contributed by atoms with E-state index in [0.717, 1.165) is 11.9 Å². The van der Waals surface area contributed by atoms with Crippen molar-refractivity contribution in [1.82, 2.24) is 5.32 Å². The van der Waals surface area contributed by atoms with Crippen molar-refractivity contribution in [3.63, 3.8) is 0 Å². The number of fused-ring (bicyclic) bond motifs is 1. The van der Waals surface area contributed by atoms with Crippen molar-refractivity contribution < 1.29 is 47.5 Å². The van der Waals surface area contributed by atoms with Crippen LogP contribution in [-0.4, -0.2) is 87.8 Å². The largest absolute Gasteiger partial charge is 0.443 e. The van der Waals surface area contributed by atoms with Crippen LogP contribution >= 0.6 is 0 Å². The van der Waals surface area contributed by atoms with E-state index in [4.69, 9.17) is 33.2 Å². The van der Waals surface area contributed by atoms with Crippen LogP contribution < -0.4 is 5.32 Å². The molecule has 0 aromatic heterocycles. The molecule has 3 heterocycles. The Morgan fingerprint density at radius 2 is 1.85 bits per heavy atom. The molecule has 1 amide bonds. The Labute approximate surface area is 240 Å². The van der Waals surface area contributed by atoms with E-state index in [1.807, 2.05) is 27.7 Å². The zero-order chi connectivity index (χ0) is 29.9. The summed E-state index contributed by atoms with van der Waals surface area (Å²) in [7, 11) is 2.96. The van der Waals surface area contributed by atoms with Crippen LogP contribution in [0.3, 0.4) is 0 Å². The first-order valence-corrected chi connectivity index (χ1v) is 13.8. The number of hydrogen-bond donors (Lipinski definition) is 1. The lowest BCUT2D eigenvalue weighted by Gasteiger charge is -2.54. The molecule has 0 saturated carbocycles. The Hall–Kier alpha value is -2.67. The van der Waals surface area contributed by atoms with E-state index >= 15 is 0 Å². The molecule has 0 bridgehead atoms. The van der Waals surface area contributed by atoms with Crippen LogP contribution in [0.25, 0.3) is 0 Å². The molecule has 226 valence electrons. The molecule has 0 spiro atoms. The summed E-state index contributed by atoms with van der Waals surface area (Å²) >= 11 is 0. The molecule has 0 unspecified atom stereocenters. The molecule has 11 heteroatoms. The average Bonchev–Trinajstić information content (AvgIpc) is 2.95. The van der Waals surface area contributed by atoms with E-state index in [9.17, 15) is 14.4 Å². The molecular weight excluding hydrogens is 534 g/mol. The summed E-state index contributed by atoms with van der Waals surface area (Å²) < 4.78 is 41.7. The van der Waals surface area contributed by atoms with E-state index in [-0.39, 0.29) is 37.2 Å². The molecule has 4 rings (SSSR count). The first-order valence-electron chi connectivity index (χ1n) is 13.8. The third kappa shape index (κ3) is 6.11. The third-order valence-electron chi connectivity index (χ3n) is 8.59. The maximum Gasteiger partial charge on any atom is 0.339 e. The monoisotopic (exact) mass is 575 g/mol. The number of esters is 1. The van der Waals surface area contributed by atoms with Gasteiger partial charge in [-0.05, 0) is 19.1 Å². The highest BCUT2D eigenvalue weighted by Crippen LogP contribution is 2.43. The van der Waals surface area contributed by atoms with Gasteiger partial charge in [0.15, 0.2) is 6.23 Å². The molecule has 3 aliphatic heterocycles. The minimum absolute atomic E-state index is 0.00822. The van der Waals surface area contributed by atoms with Gasteiger partial charge in [0.05, 0.1) is 23.9 Å². The summed E-state index contributed by atoms with van der Waals surface area (Å²) in [6.07, 6.45) is -4.32. The number of aldehydes is 1. The van der Waals surface area contributed by atoms with E-state index in [1.54, 1.807) is 37.4 Å². The van der Waals surface area contributed by atoms with Crippen LogP contribution in [-0.2, 0) is 42.7 Å². The summed E-state index contributed by atoms with van der Waals surface area (Å²) in [6.45, 7) is 11.7. The minimum Gasteiger partial charge on any atom is -0.443 e. The second-order valence-corrected chi connectivity index (χ2v) is 11.4. The van der Waals surface area contributed by atoms with Gasteiger partial charge in [-0.3, -0.25) is 4.79 Å². The molecule has 1 N–H and O–H groups in total. The van der Waals surface area contributed by atoms with Crippen molar-refractivity contribution in [1.29, 1.82) is 0 Å². The quantitative estimate of drug-likeness (QED) is 0.267. The predicted octanol–water partition coefficient (Wildman–Crippen LogP) is 2.77. The Morgan fingerprint density at radius 1 is 1.15 bits per heavy atom. The van der Waals surface area contributed by atoms with Crippen LogP contribution in [0.15, 0.2) is 42.5 Å². The van der Waals surface area contributed by atoms with E-state index in [0.29, 0.717) is 0 Å². The maximum absolute atomic E-state index is 14.1. The number of amides is 1. The van der Waals surface area contributed by atoms with Gasteiger partial charge in [-0.2, -0.15) is 0 Å². The second kappa shape index (κ2) is 12.7. The Morgan fingerprint density at radius 3 is 2.46 bits per heavy atom. The minimum atomic E-state index is -1.65. The predicted molar refractivity (Wildman–Crippen MR) is 146 cm³/mol. The van der Waals surface area contributed by atoms with Crippen molar-refractivity contribution in [2.24, 2.45) is 11.3 Å². The number of ether oxygens (including phenoxy) is 7. The third-order valence-corrected chi connectivity index (χ3v) is 8.59. The normalized spacial score (nSPS) is 35.6. The van der Waals surface area contributed by atoms with Crippen LogP contribution in [0, 0.1) is 11.3 Å². The molecule has 11 nitrogen and oxygen atoms in total. The number of rotatable bonds is 9. The van der Waals surface area contributed by atoms with Crippen molar-refractivity contribution in [2.45, 2.75) is 89.2 Å². The standard InChI is InChI=1S/C30H41NO10/c1-17-15-30(36-7,41-19(3)18(17)2)25(40-28(34)20-11-9-8-10-12-20)26(33)31-27-23-22(37-16-38-27)24(35-6)29(4,5)21(39-23)13-14-32/h8-12,14,18-19,21-25,27H,1,13,15-16H2,2-7H3,(H,31,33)/t18-,19-,21-,22+,23+,24-,25-,27+,30-/m1/s1. The molecule has 9 atom stereocenters. The van der Waals surface area contributed by atoms with Crippen LogP contribution in [0.2, 0.25) is 0 Å². The summed E-state index contributed by atoms with van der Waals surface area (Å²) in [5.74, 6) is -3.10. The molecule has 3 fully saturated rings. The topological polar surface area (TPSA) is 128 Å². The lowest BCUT2D eigenvalue weighted by molar-refractivity contribution is -0.330. The Kier molecular flexibility index (Phi) is 9.67. The van der Waals surface area contributed by atoms with Gasteiger partial charge in [0.2, 0.25) is 11.9 Å². The zero-order valence-corrected chi connectivity index (χ0v) is 24.5. The van der Waals surface area contributed by atoms with Crippen LogP contribution in [0.5, 0.6) is 0 Å². The number of hydrogen-bond acceptors (Lipinski definition) is 10. The van der Waals surface area contributed by atoms with Gasteiger partial charge < -0.3 is 43.3 Å². The summed E-state index contributed by atoms with van der Waals surface area (Å²) in [4.78, 5) is 38.7. The number of methoxy groups -OCH3 is 2. The number of nitrogens with one attached hydrogen (secondary N) is 1. The highest BCUT2D eigenvalue weighted by molar-refractivity contribution is 5.92. The van der Waals surface area contributed by atoms with Crippen molar-refractivity contribution in [3.8, 4) is 0 Å². The first-order chi connectivity index (χ1) is 19.5. The molecule has 3 aliphatic rings. The molecule has 3 saturated heterocycles. The summed E-state index contributed by atoms with van der Waals surface area (Å²) in [6, 6.07) is 8.33. The molecule has 0 aliphatic carbocycles. The van der Waals surface area contributed by atoms with Gasteiger partial charge in [0.25, 0.3) is 5.91 Å². The van der Waals surface area contributed by atoms with Gasteiger partial charge in [0, 0.05) is 38.4 Å². The zero-order valence-electron chi connectivity index (χ0n) is 24.5. The highest BCUT2D eigenvalue weighted by atomic mass is 16.7.